The quantitative estimate of drug-likeness (QED) is 0.165. The summed E-state index contributed by atoms with van der Waals surface area (Å²) in [6.07, 6.45) is 2.17. The van der Waals surface area contributed by atoms with Gasteiger partial charge in [-0.15, -0.1) is 11.4 Å². The van der Waals surface area contributed by atoms with Crippen LogP contribution >= 0.6 is 7.92 Å². The molecule has 0 aromatic heterocycles. The Hall–Kier alpha value is -1.07. The normalized spacial score (nSPS) is 10.8. The van der Waals surface area contributed by atoms with Crippen molar-refractivity contribution >= 4 is 41.1 Å². The summed E-state index contributed by atoms with van der Waals surface area (Å²) in [6, 6.07) is 28.6. The van der Waals surface area contributed by atoms with E-state index >= 15 is 0 Å². The Morgan fingerprint density at radius 2 is 0.842 bits per heavy atom. The molecular formula is C30H48N4PSi2Zr+. The molecule has 0 N–H and O–H groups in total. The molecule has 3 aromatic rings. The molecule has 4 nitrogen and oxygen atoms in total. The number of hydrogen-bond acceptors (Lipinski definition) is 0. The van der Waals surface area contributed by atoms with Crippen molar-refractivity contribution < 1.29 is 26.2 Å². The molecule has 204 valence electrons. The molecule has 0 heterocycles. The standard InChI is InChI=1S/C26H35N2PSi2.2C2H6N.Zr/c1-30(2,3)27-25-18-12-10-14-22(25)20-29(24-16-8-7-9-17-24)21-23-15-11-13-19-26(23)28-31(4,5)6;2*1-3-2;/h7-19H,20-21H2,1-6H3;2*1-2H3;/q-2;2*-1;+4/p+1. The van der Waals surface area contributed by atoms with E-state index in [0.717, 1.165) is 12.3 Å². The summed E-state index contributed by atoms with van der Waals surface area (Å²) >= 11 is 0. The third kappa shape index (κ3) is 15.5. The number of rotatable bonds is 9. The maximum Gasteiger partial charge on any atom is 4.00 e. The molecule has 0 aliphatic rings. The SMILES string of the molecule is C[N-]C.C[N-]C.C[Si](C)(C)[N-]c1ccccc1C[PH+](Cc1ccccc1[N-][Si](C)(C)C)c1ccccc1.[Zr+4]. The van der Waals surface area contributed by atoms with Gasteiger partial charge in [-0.2, -0.15) is 28.2 Å². The molecule has 38 heavy (non-hydrogen) atoms. The smallest absolute Gasteiger partial charge is 0.687 e. The summed E-state index contributed by atoms with van der Waals surface area (Å²) < 4.78 is 0. The molecule has 0 saturated carbocycles. The van der Waals surface area contributed by atoms with Gasteiger partial charge >= 0.3 is 26.2 Å². The van der Waals surface area contributed by atoms with E-state index in [0.29, 0.717) is 0 Å². The first kappa shape index (κ1) is 36.9. The second kappa shape index (κ2) is 19.1. The number of hydrogen-bond donors (Lipinski definition) is 0. The van der Waals surface area contributed by atoms with Gasteiger partial charge in [0.2, 0.25) is 0 Å². The molecule has 3 aromatic carbocycles. The van der Waals surface area contributed by atoms with Crippen molar-refractivity contribution in [3.8, 4) is 0 Å². The zero-order valence-corrected chi connectivity index (χ0v) is 30.7. The first-order valence-corrected chi connectivity index (χ1v) is 21.7. The molecule has 0 bridgehead atoms. The summed E-state index contributed by atoms with van der Waals surface area (Å²) in [4.78, 5) is 10.3. The van der Waals surface area contributed by atoms with Crippen LogP contribution in [0, 0.1) is 0 Å². The van der Waals surface area contributed by atoms with Gasteiger partial charge in [-0.3, -0.25) is 0 Å². The number of nitrogens with zero attached hydrogens (tertiary/aromatic N) is 4. The van der Waals surface area contributed by atoms with E-state index in [-0.39, 0.29) is 26.2 Å². The fraction of sp³-hybridized carbons (Fsp3) is 0.400. The largest absolute Gasteiger partial charge is 4.00 e. The zero-order valence-electron chi connectivity index (χ0n) is 25.2. The molecule has 0 fully saturated rings. The van der Waals surface area contributed by atoms with Crippen molar-refractivity contribution in [2.24, 2.45) is 0 Å². The maximum atomic E-state index is 5.15. The van der Waals surface area contributed by atoms with Gasteiger partial charge in [0.05, 0.1) is 17.6 Å². The van der Waals surface area contributed by atoms with E-state index in [2.05, 4.69) is 129 Å². The van der Waals surface area contributed by atoms with E-state index in [1.165, 1.54) is 27.8 Å². The molecular weight excluding hydrogens is 595 g/mol. The minimum Gasteiger partial charge on any atom is -0.687 e. The topological polar surface area (TPSA) is 56.4 Å². The van der Waals surface area contributed by atoms with Gasteiger partial charge in [0.15, 0.2) is 0 Å². The van der Waals surface area contributed by atoms with Crippen LogP contribution in [0.3, 0.4) is 0 Å². The molecule has 3 rings (SSSR count). The fourth-order valence-electron chi connectivity index (χ4n) is 3.66. The van der Waals surface area contributed by atoms with Crippen LogP contribution in [-0.4, -0.2) is 44.7 Å². The predicted octanol–water partition coefficient (Wildman–Crippen LogP) is 9.84. The van der Waals surface area contributed by atoms with Crippen molar-refractivity contribution in [2.75, 3.05) is 28.2 Å². The van der Waals surface area contributed by atoms with Crippen molar-refractivity contribution in [1.29, 1.82) is 0 Å². The van der Waals surface area contributed by atoms with Crippen LogP contribution in [0.5, 0.6) is 0 Å². The summed E-state index contributed by atoms with van der Waals surface area (Å²) in [6.45, 7) is 13.8. The first-order valence-electron chi connectivity index (χ1n) is 12.9. The van der Waals surface area contributed by atoms with Crippen molar-refractivity contribution in [3.05, 3.63) is 111 Å². The fourth-order valence-corrected chi connectivity index (χ4v) is 8.26. The second-order valence-corrected chi connectivity index (χ2v) is 22.7. The Bertz CT molecular complexity index is 961. The van der Waals surface area contributed by atoms with Crippen LogP contribution in [0.25, 0.3) is 20.6 Å². The Balaban J connectivity index is 0.00000179. The number of benzene rings is 3. The van der Waals surface area contributed by atoms with Crippen molar-refractivity contribution in [3.63, 3.8) is 0 Å². The van der Waals surface area contributed by atoms with E-state index in [1.54, 1.807) is 28.2 Å². The Morgan fingerprint density at radius 1 is 0.526 bits per heavy atom. The van der Waals surface area contributed by atoms with Gasteiger partial charge in [0, 0.05) is 7.92 Å². The van der Waals surface area contributed by atoms with E-state index in [1.807, 2.05) is 0 Å². The van der Waals surface area contributed by atoms with E-state index < -0.39 is 24.4 Å². The minimum atomic E-state index is -1.54. The molecule has 0 spiro atoms. The summed E-state index contributed by atoms with van der Waals surface area (Å²) in [7, 11) is 3.04. The van der Waals surface area contributed by atoms with Crippen LogP contribution < -0.4 is 5.30 Å². The molecule has 0 amide bonds. The second-order valence-electron chi connectivity index (χ2n) is 11.0. The molecule has 0 aliphatic carbocycles. The predicted molar refractivity (Wildman–Crippen MR) is 178 cm³/mol. The van der Waals surface area contributed by atoms with E-state index in [4.69, 9.17) is 9.96 Å². The molecule has 0 unspecified atom stereocenters. The van der Waals surface area contributed by atoms with Crippen LogP contribution in [0.15, 0.2) is 78.9 Å². The summed E-state index contributed by atoms with van der Waals surface area (Å²) in [5, 5.41) is 8.48. The van der Waals surface area contributed by atoms with Gasteiger partial charge in [0.25, 0.3) is 0 Å². The summed E-state index contributed by atoms with van der Waals surface area (Å²) in [5.41, 5.74) is 5.17. The van der Waals surface area contributed by atoms with E-state index in [9.17, 15) is 0 Å². The molecule has 0 aliphatic heterocycles. The zero-order chi connectivity index (χ0) is 27.9. The molecule has 0 saturated heterocycles. The van der Waals surface area contributed by atoms with Crippen LogP contribution in [-0.2, 0) is 38.5 Å². The average molecular weight is 643 g/mol. The minimum absolute atomic E-state index is 0. The Kier molecular flexibility index (Phi) is 18.5. The average Bonchev–Trinajstić information content (AvgIpc) is 2.81. The third-order valence-corrected chi connectivity index (χ3v) is 9.47. The maximum absolute atomic E-state index is 5.15. The van der Waals surface area contributed by atoms with Crippen LogP contribution in [0.4, 0.5) is 11.4 Å². The Labute approximate surface area is 256 Å². The molecule has 0 radical (unpaired) electrons. The monoisotopic (exact) mass is 641 g/mol. The van der Waals surface area contributed by atoms with Gasteiger partial charge in [0.1, 0.15) is 0 Å². The molecule has 0 atom stereocenters. The van der Waals surface area contributed by atoms with Crippen LogP contribution in [0.2, 0.25) is 39.3 Å². The third-order valence-electron chi connectivity index (χ3n) is 4.88. The van der Waals surface area contributed by atoms with Gasteiger partial charge in [-0.25, -0.2) is 0 Å². The van der Waals surface area contributed by atoms with Gasteiger partial charge in [-0.1, -0.05) is 106 Å². The van der Waals surface area contributed by atoms with Gasteiger partial charge in [-0.05, 0) is 39.7 Å². The Morgan fingerprint density at radius 3 is 1.18 bits per heavy atom. The van der Waals surface area contributed by atoms with Crippen molar-refractivity contribution in [2.45, 2.75) is 51.6 Å². The van der Waals surface area contributed by atoms with Gasteiger partial charge < -0.3 is 20.6 Å². The summed E-state index contributed by atoms with van der Waals surface area (Å²) in [5.74, 6) is 0. The molecule has 8 heteroatoms. The van der Waals surface area contributed by atoms with Crippen LogP contribution in [0.1, 0.15) is 11.1 Å². The first-order chi connectivity index (χ1) is 17.4. The van der Waals surface area contributed by atoms with Crippen molar-refractivity contribution in [1.82, 2.24) is 0 Å².